The van der Waals surface area contributed by atoms with Crippen molar-refractivity contribution in [1.29, 1.82) is 0 Å². The molecular weight excluding hydrogens is 532 g/mol. The molecule has 1 aromatic heterocycles. The lowest BCUT2D eigenvalue weighted by atomic mass is 10.1. The summed E-state index contributed by atoms with van der Waals surface area (Å²) in [5, 5.41) is 18.5. The fourth-order valence-electron chi connectivity index (χ4n) is 3.69. The number of halogens is 1. The number of aromatic hydroxyl groups is 1. The third-order valence-corrected chi connectivity index (χ3v) is 7.77. The monoisotopic (exact) mass is 554 g/mol. The number of anilines is 1. The second-order valence-electron chi connectivity index (χ2n) is 7.91. The van der Waals surface area contributed by atoms with E-state index in [1.54, 1.807) is 42.5 Å². The Kier molecular flexibility index (Phi) is 7.04. The van der Waals surface area contributed by atoms with Gasteiger partial charge in [-0.3, -0.25) is 9.10 Å². The number of sulfonamides is 1. The quantitative estimate of drug-likeness (QED) is 0.272. The first kappa shape index (κ1) is 24.6. The number of H-pyrrole nitrogens is 1. The molecule has 0 spiro atoms. The molecule has 1 amide bonds. The second kappa shape index (κ2) is 10.0. The predicted molar refractivity (Wildman–Crippen MR) is 139 cm³/mol. The van der Waals surface area contributed by atoms with Crippen LogP contribution in [0.3, 0.4) is 0 Å². The van der Waals surface area contributed by atoms with E-state index in [0.717, 1.165) is 19.9 Å². The summed E-state index contributed by atoms with van der Waals surface area (Å²) in [7, 11) is -4.07. The summed E-state index contributed by atoms with van der Waals surface area (Å²) in [5.41, 5.74) is 2.80. The zero-order chi connectivity index (χ0) is 25.2. The maximum atomic E-state index is 13.6. The number of fused-ring (bicyclic) bond motifs is 1. The van der Waals surface area contributed by atoms with E-state index in [0.29, 0.717) is 23.0 Å². The van der Waals surface area contributed by atoms with Crippen LogP contribution in [0.15, 0.2) is 86.3 Å². The number of para-hydroxylation sites is 1. The molecule has 0 aliphatic rings. The van der Waals surface area contributed by atoms with Crippen LogP contribution in [0.2, 0.25) is 0 Å². The first-order valence-electron chi connectivity index (χ1n) is 10.8. The number of hydrogen-bond acceptors (Lipinski definition) is 5. The van der Waals surface area contributed by atoms with Gasteiger partial charge in [0.1, 0.15) is 6.54 Å². The molecule has 8 nitrogen and oxygen atoms in total. The van der Waals surface area contributed by atoms with Crippen molar-refractivity contribution in [2.75, 3.05) is 10.8 Å². The number of hydrogen-bond donors (Lipinski definition) is 2. The van der Waals surface area contributed by atoms with Gasteiger partial charge in [0, 0.05) is 9.86 Å². The normalized spacial score (nSPS) is 11.9. The van der Waals surface area contributed by atoms with Crippen LogP contribution in [0.5, 0.6) is 5.88 Å². The fourth-order valence-corrected chi connectivity index (χ4v) is 5.50. The fraction of sp³-hybridized carbons (Fsp3) is 0.160. The average Bonchev–Trinajstić information content (AvgIpc) is 3.15. The minimum Gasteiger partial charge on any atom is -0.493 e. The Hall–Kier alpha value is -3.50. The van der Waals surface area contributed by atoms with Crippen LogP contribution in [-0.4, -0.2) is 31.0 Å². The van der Waals surface area contributed by atoms with Crippen LogP contribution in [0, 0.1) is 6.92 Å². The van der Waals surface area contributed by atoms with Crippen molar-refractivity contribution in [3.05, 3.63) is 82.3 Å². The van der Waals surface area contributed by atoms with Gasteiger partial charge in [0.15, 0.2) is 5.69 Å². The second-order valence-corrected chi connectivity index (χ2v) is 10.7. The molecule has 0 aliphatic carbocycles. The van der Waals surface area contributed by atoms with Crippen molar-refractivity contribution in [3.8, 4) is 5.88 Å². The highest BCUT2D eigenvalue weighted by molar-refractivity contribution is 9.10. The highest BCUT2D eigenvalue weighted by atomic mass is 79.9. The number of amides is 1. The van der Waals surface area contributed by atoms with Crippen molar-refractivity contribution in [3.63, 3.8) is 0 Å². The molecule has 10 heteroatoms. The Morgan fingerprint density at radius 1 is 1.09 bits per heavy atom. The lowest BCUT2D eigenvalue weighted by Gasteiger charge is -2.25. The smallest absolute Gasteiger partial charge is 0.285 e. The number of nitrogens with one attached hydrogen (secondary N) is 1. The predicted octanol–water partition coefficient (Wildman–Crippen LogP) is 6.01. The van der Waals surface area contributed by atoms with Crippen molar-refractivity contribution in [2.45, 2.75) is 25.2 Å². The van der Waals surface area contributed by atoms with E-state index in [1.165, 1.54) is 12.1 Å². The van der Waals surface area contributed by atoms with Gasteiger partial charge in [0.05, 0.1) is 16.1 Å². The van der Waals surface area contributed by atoms with E-state index in [1.807, 2.05) is 26.0 Å². The Bertz CT molecular complexity index is 1530. The molecule has 3 aromatic carbocycles. The standard InChI is InChI=1S/C25H23BrN4O4S/c1-3-17-6-4-5-7-22(17)30(35(33,34)19-11-8-16(2)9-12-19)15-23(31)28-29-24-20-14-18(26)10-13-21(20)27-25(24)32/h4-14,27,32H,3,15H2,1-2H3. The van der Waals surface area contributed by atoms with Crippen LogP contribution >= 0.6 is 15.9 Å². The highest BCUT2D eigenvalue weighted by Crippen LogP contribution is 2.37. The summed E-state index contributed by atoms with van der Waals surface area (Å²) in [4.78, 5) is 15.7. The van der Waals surface area contributed by atoms with Gasteiger partial charge in [-0.25, -0.2) is 8.42 Å². The highest BCUT2D eigenvalue weighted by Gasteiger charge is 2.28. The van der Waals surface area contributed by atoms with Crippen molar-refractivity contribution in [2.24, 2.45) is 10.2 Å². The van der Waals surface area contributed by atoms with Crippen LogP contribution in [-0.2, 0) is 21.2 Å². The molecule has 1 heterocycles. The number of aryl methyl sites for hydroxylation is 2. The maximum absolute atomic E-state index is 13.6. The number of nitrogens with zero attached hydrogens (tertiary/aromatic N) is 3. The number of azo groups is 1. The molecule has 180 valence electrons. The van der Waals surface area contributed by atoms with Crippen LogP contribution < -0.4 is 4.31 Å². The van der Waals surface area contributed by atoms with Gasteiger partial charge in [-0.1, -0.05) is 58.7 Å². The van der Waals surface area contributed by atoms with Gasteiger partial charge >= 0.3 is 0 Å². The van der Waals surface area contributed by atoms with Gasteiger partial charge in [0.25, 0.3) is 15.9 Å². The molecule has 0 fully saturated rings. The van der Waals surface area contributed by atoms with Crippen LogP contribution in [0.25, 0.3) is 10.9 Å². The zero-order valence-electron chi connectivity index (χ0n) is 19.1. The zero-order valence-corrected chi connectivity index (χ0v) is 21.5. The lowest BCUT2D eigenvalue weighted by Crippen LogP contribution is -2.36. The molecule has 0 bridgehead atoms. The number of aromatic amines is 1. The first-order chi connectivity index (χ1) is 16.7. The average molecular weight is 555 g/mol. The molecule has 0 unspecified atom stereocenters. The number of benzene rings is 3. The summed E-state index contributed by atoms with van der Waals surface area (Å²) in [5.74, 6) is -1.02. The summed E-state index contributed by atoms with van der Waals surface area (Å²) in [6, 6.07) is 18.7. The maximum Gasteiger partial charge on any atom is 0.285 e. The number of carbonyl (C=O) groups excluding carboxylic acids is 1. The topological polar surface area (TPSA) is 115 Å². The molecule has 4 rings (SSSR count). The summed E-state index contributed by atoms with van der Waals surface area (Å²) >= 11 is 3.37. The molecule has 0 atom stereocenters. The Morgan fingerprint density at radius 3 is 2.51 bits per heavy atom. The van der Waals surface area contributed by atoms with Crippen LogP contribution in [0.4, 0.5) is 11.4 Å². The molecular formula is C25H23BrN4O4S. The molecule has 0 saturated carbocycles. The molecule has 4 aromatic rings. The lowest BCUT2D eigenvalue weighted by molar-refractivity contribution is -0.116. The van der Waals surface area contributed by atoms with E-state index in [-0.39, 0.29) is 16.5 Å². The van der Waals surface area contributed by atoms with E-state index in [9.17, 15) is 18.3 Å². The largest absolute Gasteiger partial charge is 0.493 e. The summed E-state index contributed by atoms with van der Waals surface area (Å²) in [6.07, 6.45) is 0.573. The van der Waals surface area contributed by atoms with Crippen molar-refractivity contribution in [1.82, 2.24) is 4.98 Å². The first-order valence-corrected chi connectivity index (χ1v) is 13.1. The number of aromatic nitrogens is 1. The van der Waals surface area contributed by atoms with Gasteiger partial charge < -0.3 is 10.1 Å². The Labute approximate surface area is 211 Å². The van der Waals surface area contributed by atoms with Gasteiger partial charge in [-0.05, 0) is 55.3 Å². The Balaban J connectivity index is 1.71. The van der Waals surface area contributed by atoms with E-state index >= 15 is 0 Å². The molecule has 2 N–H and O–H groups in total. The van der Waals surface area contributed by atoms with Gasteiger partial charge in [0.2, 0.25) is 5.88 Å². The van der Waals surface area contributed by atoms with E-state index in [2.05, 4.69) is 31.1 Å². The van der Waals surface area contributed by atoms with Gasteiger partial charge in [-0.2, -0.15) is 0 Å². The molecule has 0 saturated heterocycles. The van der Waals surface area contributed by atoms with E-state index < -0.39 is 22.5 Å². The minimum atomic E-state index is -4.07. The summed E-state index contributed by atoms with van der Waals surface area (Å²) in [6.45, 7) is 3.22. The van der Waals surface area contributed by atoms with Gasteiger partial charge in [-0.15, -0.1) is 10.2 Å². The number of rotatable bonds is 7. The summed E-state index contributed by atoms with van der Waals surface area (Å²) < 4.78 is 29.0. The molecule has 0 aliphatic heterocycles. The molecule has 0 radical (unpaired) electrons. The third kappa shape index (κ3) is 5.13. The van der Waals surface area contributed by atoms with Crippen molar-refractivity contribution < 1.29 is 18.3 Å². The Morgan fingerprint density at radius 2 is 1.80 bits per heavy atom. The van der Waals surface area contributed by atoms with Crippen molar-refractivity contribution >= 4 is 54.1 Å². The van der Waals surface area contributed by atoms with E-state index in [4.69, 9.17) is 0 Å². The number of carbonyl (C=O) groups is 1. The SMILES string of the molecule is CCc1ccccc1N(CC(=O)N=Nc1c(O)[nH]c2ccc(Br)cc12)S(=O)(=O)c1ccc(C)cc1. The molecule has 35 heavy (non-hydrogen) atoms. The third-order valence-electron chi connectivity index (χ3n) is 5.50. The minimum absolute atomic E-state index is 0.0675. The van der Waals surface area contributed by atoms with Crippen LogP contribution in [0.1, 0.15) is 18.1 Å².